The second-order valence-electron chi connectivity index (χ2n) is 7.12. The number of anilines is 2. The van der Waals surface area contributed by atoms with Gasteiger partial charge in [0.25, 0.3) is 5.56 Å². The van der Waals surface area contributed by atoms with Crippen molar-refractivity contribution < 1.29 is 14.7 Å². The van der Waals surface area contributed by atoms with Gasteiger partial charge in [0, 0.05) is 38.1 Å². The smallest absolute Gasteiger partial charge is 0.323 e. The highest BCUT2D eigenvalue weighted by Crippen LogP contribution is 2.43. The second-order valence-corrected chi connectivity index (χ2v) is 7.12. The van der Waals surface area contributed by atoms with E-state index in [0.717, 1.165) is 29.6 Å². The number of pyridine rings is 2. The number of rotatable bonds is 4. The van der Waals surface area contributed by atoms with Gasteiger partial charge in [-0.3, -0.25) is 19.4 Å². The van der Waals surface area contributed by atoms with E-state index in [0.29, 0.717) is 18.8 Å². The van der Waals surface area contributed by atoms with Crippen molar-refractivity contribution in [2.45, 2.75) is 19.4 Å². The first-order valence-electron chi connectivity index (χ1n) is 8.88. The first-order valence-corrected chi connectivity index (χ1v) is 8.88. The van der Waals surface area contributed by atoms with Gasteiger partial charge < -0.3 is 19.5 Å². The van der Waals surface area contributed by atoms with Crippen LogP contribution in [0.2, 0.25) is 0 Å². The van der Waals surface area contributed by atoms with Gasteiger partial charge in [-0.2, -0.15) is 0 Å². The Bertz CT molecular complexity index is 942. The summed E-state index contributed by atoms with van der Waals surface area (Å²) < 4.78 is 1.12. The fourth-order valence-electron chi connectivity index (χ4n) is 4.03. The Morgan fingerprint density at radius 3 is 2.70 bits per heavy atom. The Hall–Kier alpha value is -3.16. The molecule has 8 heteroatoms. The molecule has 0 saturated carbocycles. The first kappa shape index (κ1) is 17.3. The topological polar surface area (TPSA) is 95.7 Å². The van der Waals surface area contributed by atoms with Crippen LogP contribution in [0.4, 0.5) is 11.4 Å². The summed E-state index contributed by atoms with van der Waals surface area (Å²) in [5.41, 5.74) is 0.739. The van der Waals surface area contributed by atoms with Crippen molar-refractivity contribution in [2.24, 2.45) is 5.41 Å². The van der Waals surface area contributed by atoms with E-state index in [1.807, 2.05) is 12.1 Å². The van der Waals surface area contributed by atoms with E-state index in [2.05, 4.69) is 9.88 Å². The largest absolute Gasteiger partial charge is 0.480 e. The number of carbonyl (C=O) groups excluding carboxylic acids is 1. The predicted octanol–water partition coefficient (Wildman–Crippen LogP) is 0.961. The lowest BCUT2D eigenvalue weighted by Crippen LogP contribution is -2.37. The highest BCUT2D eigenvalue weighted by molar-refractivity contribution is 6.00. The summed E-state index contributed by atoms with van der Waals surface area (Å²) in [4.78, 5) is 44.0. The van der Waals surface area contributed by atoms with Gasteiger partial charge in [-0.15, -0.1) is 0 Å². The summed E-state index contributed by atoms with van der Waals surface area (Å²) >= 11 is 0. The molecular formula is C19H20N4O4. The lowest BCUT2D eigenvalue weighted by atomic mass is 9.85. The summed E-state index contributed by atoms with van der Waals surface area (Å²) in [7, 11) is 0. The van der Waals surface area contributed by atoms with Crippen molar-refractivity contribution in [1.82, 2.24) is 9.55 Å². The molecule has 1 atom stereocenters. The molecule has 2 fully saturated rings. The zero-order valence-electron chi connectivity index (χ0n) is 14.7. The summed E-state index contributed by atoms with van der Waals surface area (Å²) in [5.74, 6) is -1.06. The van der Waals surface area contributed by atoms with Crippen LogP contribution in [0, 0.1) is 5.41 Å². The van der Waals surface area contributed by atoms with Crippen molar-refractivity contribution in [3.63, 3.8) is 0 Å². The fraction of sp³-hybridized carbons (Fsp3) is 0.368. The van der Waals surface area contributed by atoms with Gasteiger partial charge in [0.15, 0.2) is 0 Å². The molecule has 0 aliphatic carbocycles. The molecule has 27 heavy (non-hydrogen) atoms. The number of aliphatic carboxylic acids is 1. The molecule has 4 heterocycles. The average molecular weight is 368 g/mol. The first-order chi connectivity index (χ1) is 13.0. The Balaban J connectivity index is 1.56. The van der Waals surface area contributed by atoms with E-state index in [9.17, 15) is 14.4 Å². The third-order valence-electron chi connectivity index (χ3n) is 5.46. The summed E-state index contributed by atoms with van der Waals surface area (Å²) in [6, 6.07) is 6.78. The van der Waals surface area contributed by atoms with Gasteiger partial charge in [0.05, 0.1) is 23.0 Å². The third kappa shape index (κ3) is 3.07. The molecule has 2 saturated heterocycles. The molecular weight excluding hydrogens is 348 g/mol. The summed E-state index contributed by atoms with van der Waals surface area (Å²) in [5, 5.41) is 8.95. The van der Waals surface area contributed by atoms with E-state index >= 15 is 0 Å². The van der Waals surface area contributed by atoms with Gasteiger partial charge >= 0.3 is 5.97 Å². The minimum atomic E-state index is -1.10. The molecule has 8 nitrogen and oxygen atoms in total. The Morgan fingerprint density at radius 1 is 1.15 bits per heavy atom. The van der Waals surface area contributed by atoms with Gasteiger partial charge in [0.1, 0.15) is 6.54 Å². The third-order valence-corrected chi connectivity index (χ3v) is 5.46. The minimum Gasteiger partial charge on any atom is -0.480 e. The number of carboxylic acid groups (broad SMARTS) is 1. The zero-order chi connectivity index (χ0) is 19.0. The van der Waals surface area contributed by atoms with Crippen LogP contribution in [0.3, 0.4) is 0 Å². The molecule has 1 N–H and O–H groups in total. The normalized spacial score (nSPS) is 22.0. The zero-order valence-corrected chi connectivity index (χ0v) is 14.7. The molecule has 2 aromatic heterocycles. The quantitative estimate of drug-likeness (QED) is 0.864. The number of nitrogens with zero attached hydrogens (tertiary/aromatic N) is 4. The number of amides is 1. The van der Waals surface area contributed by atoms with Crippen LogP contribution < -0.4 is 15.4 Å². The lowest BCUT2D eigenvalue weighted by molar-refractivity contribution is -0.137. The number of hydrogen-bond donors (Lipinski definition) is 1. The second kappa shape index (κ2) is 6.53. The number of carbonyl (C=O) groups is 2. The van der Waals surface area contributed by atoms with E-state index in [1.165, 1.54) is 12.3 Å². The molecule has 2 aromatic rings. The molecule has 1 spiro atoms. The molecule has 0 aromatic carbocycles. The van der Waals surface area contributed by atoms with Crippen LogP contribution >= 0.6 is 0 Å². The summed E-state index contributed by atoms with van der Waals surface area (Å²) in [6.07, 6.45) is 6.50. The maximum Gasteiger partial charge on any atom is 0.323 e. The molecule has 2 aliphatic rings. The fourth-order valence-corrected chi connectivity index (χ4v) is 4.03. The molecule has 4 rings (SSSR count). The molecule has 140 valence electrons. The number of hydrogen-bond acceptors (Lipinski definition) is 5. The number of carboxylic acids is 1. The van der Waals surface area contributed by atoms with Gasteiger partial charge in [-0.25, -0.2) is 0 Å². The van der Waals surface area contributed by atoms with Crippen molar-refractivity contribution in [3.8, 4) is 0 Å². The monoisotopic (exact) mass is 368 g/mol. The van der Waals surface area contributed by atoms with Crippen LogP contribution in [0.5, 0.6) is 0 Å². The predicted molar refractivity (Wildman–Crippen MR) is 98.8 cm³/mol. The van der Waals surface area contributed by atoms with Crippen LogP contribution in [0.1, 0.15) is 12.8 Å². The van der Waals surface area contributed by atoms with Crippen LogP contribution in [-0.2, 0) is 16.1 Å². The van der Waals surface area contributed by atoms with Crippen molar-refractivity contribution in [3.05, 3.63) is 53.2 Å². The standard InChI is InChI=1S/C19H20N4O4/c24-16-4-3-15(11-22(16)12-17(25)26)23-9-6-19(18(23)27)5-8-21(13-19)14-2-1-7-20-10-14/h1-4,7,10-11H,5-6,8-9,12-13H2,(H,25,26)/t19-/m0/s1. The molecule has 0 radical (unpaired) electrons. The van der Waals surface area contributed by atoms with Gasteiger partial charge in [-0.05, 0) is 31.0 Å². The maximum absolute atomic E-state index is 13.2. The highest BCUT2D eigenvalue weighted by atomic mass is 16.4. The summed E-state index contributed by atoms with van der Waals surface area (Å²) in [6.45, 7) is 1.58. The van der Waals surface area contributed by atoms with Crippen molar-refractivity contribution >= 4 is 23.3 Å². The molecule has 1 amide bonds. The van der Waals surface area contributed by atoms with Crippen molar-refractivity contribution in [2.75, 3.05) is 29.4 Å². The lowest BCUT2D eigenvalue weighted by Gasteiger charge is -2.24. The SMILES string of the molecule is O=C(O)Cn1cc(N2CC[C@]3(CCN(c4cccnc4)C3)C2=O)ccc1=O. The molecule has 0 bridgehead atoms. The highest BCUT2D eigenvalue weighted by Gasteiger charge is 2.51. The average Bonchev–Trinajstić information content (AvgIpc) is 3.23. The van der Waals surface area contributed by atoms with Gasteiger partial charge in [-0.1, -0.05) is 0 Å². The van der Waals surface area contributed by atoms with E-state index in [1.54, 1.807) is 23.4 Å². The Morgan fingerprint density at radius 2 is 1.96 bits per heavy atom. The molecule has 0 unspecified atom stereocenters. The molecule has 2 aliphatic heterocycles. The Kier molecular flexibility index (Phi) is 4.18. The van der Waals surface area contributed by atoms with Crippen LogP contribution in [0.25, 0.3) is 0 Å². The van der Waals surface area contributed by atoms with E-state index in [4.69, 9.17) is 5.11 Å². The van der Waals surface area contributed by atoms with Crippen molar-refractivity contribution in [1.29, 1.82) is 0 Å². The Labute approximate surface area is 155 Å². The minimum absolute atomic E-state index is 0.0365. The van der Waals surface area contributed by atoms with Gasteiger partial charge in [0.2, 0.25) is 5.91 Å². The van der Waals surface area contributed by atoms with E-state index < -0.39 is 23.5 Å². The number of aromatic nitrogens is 2. The van der Waals surface area contributed by atoms with Crippen LogP contribution in [0.15, 0.2) is 47.7 Å². The maximum atomic E-state index is 13.2. The van der Waals surface area contributed by atoms with Crippen LogP contribution in [-0.4, -0.2) is 46.2 Å². The van der Waals surface area contributed by atoms with E-state index in [-0.39, 0.29) is 5.91 Å².